The number of carboxylic acid groups (broad SMARTS) is 1. The van der Waals surface area contributed by atoms with E-state index in [1.807, 2.05) is 66.7 Å². The first-order valence-electron chi connectivity index (χ1n) is 8.77. The Bertz CT molecular complexity index is 1140. The minimum absolute atomic E-state index is 0.291. The first kappa shape index (κ1) is 18.1. The summed E-state index contributed by atoms with van der Waals surface area (Å²) in [4.78, 5) is 17.6. The molecule has 5 heteroatoms. The van der Waals surface area contributed by atoms with Gasteiger partial charge in [-0.3, -0.25) is 0 Å². The van der Waals surface area contributed by atoms with Gasteiger partial charge < -0.3 is 9.84 Å². The van der Waals surface area contributed by atoms with Crippen LogP contribution in [-0.4, -0.2) is 16.1 Å². The Hall–Kier alpha value is -3.31. The molecule has 4 rings (SSSR count). The van der Waals surface area contributed by atoms with Crippen LogP contribution in [0.2, 0.25) is 0 Å². The molecule has 0 unspecified atom stereocenters. The van der Waals surface area contributed by atoms with Gasteiger partial charge in [0.15, 0.2) is 0 Å². The summed E-state index contributed by atoms with van der Waals surface area (Å²) in [6.07, 6.45) is 0. The van der Waals surface area contributed by atoms with Crippen molar-refractivity contribution >= 4 is 28.6 Å². The molecule has 0 aliphatic rings. The van der Waals surface area contributed by atoms with Gasteiger partial charge in [-0.15, -0.1) is 0 Å². The van der Waals surface area contributed by atoms with Crippen LogP contribution < -0.4 is 4.74 Å². The van der Waals surface area contributed by atoms with Crippen LogP contribution in [0.1, 0.15) is 16.1 Å². The first-order valence-corrected chi connectivity index (χ1v) is 9.58. The molecular formula is C23H17NO3S. The van der Waals surface area contributed by atoms with Gasteiger partial charge in [0, 0.05) is 15.2 Å². The molecule has 28 heavy (non-hydrogen) atoms. The van der Waals surface area contributed by atoms with E-state index >= 15 is 0 Å². The fraction of sp³-hybridized carbons (Fsp3) is 0.0435. The lowest BCUT2D eigenvalue weighted by Gasteiger charge is -2.09. The summed E-state index contributed by atoms with van der Waals surface area (Å²) in [5.74, 6) is -0.217. The molecule has 0 radical (unpaired) electrons. The molecule has 0 atom stereocenters. The summed E-state index contributed by atoms with van der Waals surface area (Å²) in [5.41, 5.74) is 2.09. The summed E-state index contributed by atoms with van der Waals surface area (Å²) in [5, 5.41) is 10.4. The predicted octanol–water partition coefficient (Wildman–Crippen LogP) is 5.66. The topological polar surface area (TPSA) is 59.4 Å². The largest absolute Gasteiger partial charge is 0.487 e. The summed E-state index contributed by atoms with van der Waals surface area (Å²) in [6, 6.07) is 26.6. The van der Waals surface area contributed by atoms with Crippen LogP contribution in [-0.2, 0) is 6.61 Å². The molecule has 1 aromatic heterocycles. The van der Waals surface area contributed by atoms with Gasteiger partial charge >= 0.3 is 5.97 Å². The van der Waals surface area contributed by atoms with E-state index in [9.17, 15) is 9.90 Å². The number of fused-ring (bicyclic) bond motifs is 1. The molecule has 0 aliphatic heterocycles. The second-order valence-corrected chi connectivity index (χ2v) is 7.28. The Balaban J connectivity index is 1.48. The fourth-order valence-electron chi connectivity index (χ4n) is 2.83. The Morgan fingerprint density at radius 3 is 2.64 bits per heavy atom. The van der Waals surface area contributed by atoms with Gasteiger partial charge in [-0.25, -0.2) is 9.78 Å². The van der Waals surface area contributed by atoms with Crippen LogP contribution in [0.25, 0.3) is 10.9 Å². The fourth-order valence-corrected chi connectivity index (χ4v) is 3.82. The molecule has 4 nitrogen and oxygen atoms in total. The number of rotatable bonds is 6. The van der Waals surface area contributed by atoms with E-state index < -0.39 is 5.97 Å². The van der Waals surface area contributed by atoms with Gasteiger partial charge in [0.1, 0.15) is 12.4 Å². The molecular weight excluding hydrogens is 370 g/mol. The highest BCUT2D eigenvalue weighted by Gasteiger charge is 2.10. The molecule has 4 aromatic rings. The van der Waals surface area contributed by atoms with Crippen molar-refractivity contribution in [3.8, 4) is 5.75 Å². The van der Waals surface area contributed by atoms with Gasteiger partial charge in [0.25, 0.3) is 0 Å². The molecule has 138 valence electrons. The average Bonchev–Trinajstić information content (AvgIpc) is 2.73. The molecule has 0 spiro atoms. The zero-order valence-corrected chi connectivity index (χ0v) is 15.7. The van der Waals surface area contributed by atoms with Crippen LogP contribution in [0.5, 0.6) is 5.75 Å². The highest BCUT2D eigenvalue weighted by atomic mass is 32.2. The third-order valence-corrected chi connectivity index (χ3v) is 5.26. The quantitative estimate of drug-likeness (QED) is 0.462. The third-order valence-electron chi connectivity index (χ3n) is 4.19. The molecule has 0 saturated heterocycles. The molecule has 3 aromatic carbocycles. The van der Waals surface area contributed by atoms with E-state index in [0.717, 1.165) is 21.5 Å². The van der Waals surface area contributed by atoms with Crippen LogP contribution >= 0.6 is 11.8 Å². The number of benzene rings is 3. The molecule has 0 amide bonds. The van der Waals surface area contributed by atoms with E-state index in [0.29, 0.717) is 22.8 Å². The van der Waals surface area contributed by atoms with Crippen LogP contribution in [0.4, 0.5) is 0 Å². The van der Waals surface area contributed by atoms with Crippen molar-refractivity contribution in [2.45, 2.75) is 16.4 Å². The maximum Gasteiger partial charge on any atom is 0.336 e. The Labute approximate surface area is 166 Å². The second kappa shape index (κ2) is 8.15. The number of nitrogens with zero attached hydrogens (tertiary/aromatic N) is 1. The number of carboxylic acids is 1. The van der Waals surface area contributed by atoms with Crippen molar-refractivity contribution in [1.29, 1.82) is 0 Å². The number of hydrogen-bond acceptors (Lipinski definition) is 4. The van der Waals surface area contributed by atoms with E-state index in [1.54, 1.807) is 18.2 Å². The number of aromatic carboxylic acids is 1. The van der Waals surface area contributed by atoms with Gasteiger partial charge in [0.2, 0.25) is 0 Å². The smallest absolute Gasteiger partial charge is 0.336 e. The highest BCUT2D eigenvalue weighted by molar-refractivity contribution is 7.99. The van der Waals surface area contributed by atoms with Crippen LogP contribution in [0.15, 0.2) is 94.7 Å². The van der Waals surface area contributed by atoms with Gasteiger partial charge in [-0.2, -0.15) is 0 Å². The Morgan fingerprint density at radius 2 is 1.75 bits per heavy atom. The maximum atomic E-state index is 11.4. The maximum absolute atomic E-state index is 11.4. The van der Waals surface area contributed by atoms with Crippen molar-refractivity contribution in [2.75, 3.05) is 0 Å². The molecule has 0 aliphatic carbocycles. The van der Waals surface area contributed by atoms with Crippen molar-refractivity contribution in [1.82, 2.24) is 4.98 Å². The third kappa shape index (κ3) is 4.15. The lowest BCUT2D eigenvalue weighted by Crippen LogP contribution is -1.99. The summed E-state index contributed by atoms with van der Waals surface area (Å²) in [6.45, 7) is 0.366. The SMILES string of the molecule is O=C(O)c1ccccc1Sc1cccc(OCc2ccc3ccccc3n2)c1. The molecule has 0 fully saturated rings. The van der Waals surface area contributed by atoms with Gasteiger partial charge in [-0.1, -0.05) is 54.2 Å². The summed E-state index contributed by atoms with van der Waals surface area (Å²) in [7, 11) is 0. The van der Waals surface area contributed by atoms with Crippen LogP contribution in [0.3, 0.4) is 0 Å². The van der Waals surface area contributed by atoms with Crippen molar-refractivity contribution < 1.29 is 14.6 Å². The standard InChI is InChI=1S/C23H17NO3S/c25-23(26)20-9-2-4-11-22(20)28-19-8-5-7-18(14-19)27-15-17-13-12-16-6-1-3-10-21(16)24-17/h1-14H,15H2,(H,25,26). The zero-order chi connectivity index (χ0) is 19.3. The van der Waals surface area contributed by atoms with E-state index in [-0.39, 0.29) is 0 Å². The minimum atomic E-state index is -0.933. The van der Waals surface area contributed by atoms with Crippen molar-refractivity contribution in [3.63, 3.8) is 0 Å². The number of aromatic nitrogens is 1. The molecule has 1 heterocycles. The molecule has 0 saturated carbocycles. The minimum Gasteiger partial charge on any atom is -0.487 e. The first-order chi connectivity index (χ1) is 13.7. The lowest BCUT2D eigenvalue weighted by atomic mass is 10.2. The number of ether oxygens (including phenoxy) is 1. The van der Waals surface area contributed by atoms with E-state index in [2.05, 4.69) is 4.98 Å². The predicted molar refractivity (Wildman–Crippen MR) is 110 cm³/mol. The normalized spacial score (nSPS) is 10.7. The number of hydrogen-bond donors (Lipinski definition) is 1. The van der Waals surface area contributed by atoms with E-state index in [4.69, 9.17) is 4.74 Å². The van der Waals surface area contributed by atoms with Crippen LogP contribution in [0, 0.1) is 0 Å². The molecule has 1 N–H and O–H groups in total. The number of carbonyl (C=O) groups is 1. The Kier molecular flexibility index (Phi) is 5.26. The highest BCUT2D eigenvalue weighted by Crippen LogP contribution is 2.32. The second-order valence-electron chi connectivity index (χ2n) is 6.16. The zero-order valence-electron chi connectivity index (χ0n) is 14.9. The van der Waals surface area contributed by atoms with Gasteiger partial charge in [0.05, 0.1) is 16.8 Å². The van der Waals surface area contributed by atoms with Gasteiger partial charge in [-0.05, 0) is 42.5 Å². The van der Waals surface area contributed by atoms with E-state index in [1.165, 1.54) is 11.8 Å². The Morgan fingerprint density at radius 1 is 0.929 bits per heavy atom. The lowest BCUT2D eigenvalue weighted by molar-refractivity contribution is 0.0693. The molecule has 0 bridgehead atoms. The number of pyridine rings is 1. The number of para-hydroxylation sites is 1. The van der Waals surface area contributed by atoms with Crippen molar-refractivity contribution in [2.24, 2.45) is 0 Å². The summed E-state index contributed by atoms with van der Waals surface area (Å²) < 4.78 is 5.90. The summed E-state index contributed by atoms with van der Waals surface area (Å²) >= 11 is 1.40. The monoisotopic (exact) mass is 387 g/mol. The average molecular weight is 387 g/mol. The van der Waals surface area contributed by atoms with Crippen molar-refractivity contribution in [3.05, 3.63) is 96.2 Å².